The molecule has 0 saturated heterocycles. The minimum Gasteiger partial charge on any atom is -0.440 e. The molecule has 11 heteroatoms. The van der Waals surface area contributed by atoms with Gasteiger partial charge in [0.15, 0.2) is 11.8 Å². The first-order valence-corrected chi connectivity index (χ1v) is 8.91. The van der Waals surface area contributed by atoms with Gasteiger partial charge in [-0.2, -0.15) is 13.2 Å². The molecular weight excluding hydrogens is 395 g/mol. The van der Waals surface area contributed by atoms with Crippen LogP contribution in [-0.4, -0.2) is 54.4 Å². The van der Waals surface area contributed by atoms with Crippen LogP contribution in [0.4, 0.5) is 18.0 Å². The van der Waals surface area contributed by atoms with Crippen molar-refractivity contribution in [2.24, 2.45) is 0 Å². The van der Waals surface area contributed by atoms with Gasteiger partial charge in [-0.05, 0) is 18.2 Å². The molecule has 0 spiro atoms. The van der Waals surface area contributed by atoms with Crippen molar-refractivity contribution in [3.63, 3.8) is 0 Å². The number of rotatable bonds is 8. The van der Waals surface area contributed by atoms with E-state index in [4.69, 9.17) is 16.3 Å². The van der Waals surface area contributed by atoms with Crippen molar-refractivity contribution in [2.75, 3.05) is 32.6 Å². The molecular formula is C15H17ClF3N3O3S. The zero-order valence-corrected chi connectivity index (χ0v) is 15.4. The Hall–Kier alpha value is -1.65. The van der Waals surface area contributed by atoms with Crippen LogP contribution in [0.5, 0.6) is 0 Å². The lowest BCUT2D eigenvalue weighted by Crippen LogP contribution is -2.30. The molecule has 1 N–H and O–H groups in total. The van der Waals surface area contributed by atoms with Gasteiger partial charge < -0.3 is 19.4 Å². The first kappa shape index (κ1) is 20.7. The number of hydrogen-bond acceptors (Lipinski definition) is 5. The van der Waals surface area contributed by atoms with Crippen molar-refractivity contribution in [2.45, 2.75) is 17.9 Å². The number of fused-ring (bicyclic) bond motifs is 1. The number of imidazole rings is 1. The quantitative estimate of drug-likeness (QED) is 0.530. The monoisotopic (exact) mass is 411 g/mol. The second kappa shape index (κ2) is 9.33. The summed E-state index contributed by atoms with van der Waals surface area (Å²) in [5, 5.41) is 3.53. The lowest BCUT2D eigenvalue weighted by atomic mass is 10.3. The molecule has 0 atom stereocenters. The number of ether oxygens (including phenoxy) is 2. The van der Waals surface area contributed by atoms with Gasteiger partial charge in [0.05, 0.1) is 17.6 Å². The van der Waals surface area contributed by atoms with Gasteiger partial charge >= 0.3 is 12.3 Å². The Balaban J connectivity index is 1.92. The van der Waals surface area contributed by atoms with Crippen molar-refractivity contribution in [1.29, 1.82) is 0 Å². The maximum absolute atomic E-state index is 12.0. The average molecular weight is 412 g/mol. The molecule has 144 valence electrons. The first-order valence-electron chi connectivity index (χ1n) is 7.55. The van der Waals surface area contributed by atoms with Crippen LogP contribution in [0.15, 0.2) is 23.4 Å². The summed E-state index contributed by atoms with van der Waals surface area (Å²) in [6, 6.07) is 5.37. The van der Waals surface area contributed by atoms with E-state index in [-0.39, 0.29) is 6.54 Å². The average Bonchev–Trinajstić information content (AvgIpc) is 2.90. The van der Waals surface area contributed by atoms with E-state index >= 15 is 0 Å². The molecule has 0 fully saturated rings. The van der Waals surface area contributed by atoms with Crippen molar-refractivity contribution < 1.29 is 27.4 Å². The fraction of sp³-hybridized carbons (Fsp3) is 0.467. The largest absolute Gasteiger partial charge is 0.440 e. The summed E-state index contributed by atoms with van der Waals surface area (Å²) in [4.78, 5) is 15.7. The Morgan fingerprint density at radius 2 is 2.19 bits per heavy atom. The summed E-state index contributed by atoms with van der Waals surface area (Å²) < 4.78 is 47.0. The zero-order valence-electron chi connectivity index (χ0n) is 13.8. The topological polar surface area (TPSA) is 65.4 Å². The third kappa shape index (κ3) is 6.26. The molecule has 0 aliphatic carbocycles. The molecule has 1 amide bonds. The van der Waals surface area contributed by atoms with Crippen LogP contribution >= 0.6 is 23.4 Å². The second-order valence-electron chi connectivity index (χ2n) is 5.14. The van der Waals surface area contributed by atoms with Crippen molar-refractivity contribution in [1.82, 2.24) is 14.9 Å². The normalized spacial score (nSPS) is 11.7. The Morgan fingerprint density at radius 1 is 1.42 bits per heavy atom. The molecule has 0 unspecified atom stereocenters. The standard InChI is InChI=1S/C15H17ClF3N3O3S/c1-24-6-5-22-12-3-2-10(16)8-11(12)21-13(22)26-7-4-20-14(23)25-9-15(17,18)19/h2-3,8H,4-7,9H2,1H3,(H,20,23). The highest BCUT2D eigenvalue weighted by molar-refractivity contribution is 7.99. The molecule has 6 nitrogen and oxygen atoms in total. The van der Waals surface area contributed by atoms with E-state index in [0.29, 0.717) is 29.1 Å². The highest BCUT2D eigenvalue weighted by atomic mass is 35.5. The smallest absolute Gasteiger partial charge is 0.422 e. The predicted octanol–water partition coefficient (Wildman–Crippen LogP) is 3.72. The van der Waals surface area contributed by atoms with Crippen molar-refractivity contribution in [3.05, 3.63) is 23.2 Å². The number of thioether (sulfide) groups is 1. The molecule has 1 aromatic heterocycles. The lowest BCUT2D eigenvalue weighted by Gasteiger charge is -2.10. The Morgan fingerprint density at radius 3 is 2.88 bits per heavy atom. The summed E-state index contributed by atoms with van der Waals surface area (Å²) in [5.74, 6) is 0.408. The molecule has 0 aliphatic heterocycles. The highest BCUT2D eigenvalue weighted by Crippen LogP contribution is 2.26. The van der Waals surface area contributed by atoms with E-state index in [2.05, 4.69) is 15.0 Å². The van der Waals surface area contributed by atoms with Crippen LogP contribution in [0.2, 0.25) is 5.02 Å². The number of nitrogens with one attached hydrogen (secondary N) is 1. The number of amides is 1. The van der Waals surface area contributed by atoms with E-state index < -0.39 is 18.9 Å². The predicted molar refractivity (Wildman–Crippen MR) is 92.7 cm³/mol. The van der Waals surface area contributed by atoms with E-state index in [9.17, 15) is 18.0 Å². The van der Waals surface area contributed by atoms with Crippen LogP contribution in [0.25, 0.3) is 11.0 Å². The van der Waals surface area contributed by atoms with Gasteiger partial charge in [0.25, 0.3) is 0 Å². The molecule has 2 aromatic rings. The number of alkyl halides is 3. The van der Waals surface area contributed by atoms with Crippen LogP contribution in [-0.2, 0) is 16.0 Å². The van der Waals surface area contributed by atoms with Gasteiger partial charge in [0.2, 0.25) is 0 Å². The summed E-state index contributed by atoms with van der Waals surface area (Å²) >= 11 is 7.34. The summed E-state index contributed by atoms with van der Waals surface area (Å²) in [5.41, 5.74) is 1.63. The molecule has 1 heterocycles. The maximum Gasteiger partial charge on any atom is 0.422 e. The van der Waals surface area contributed by atoms with Gasteiger partial charge in [0, 0.05) is 31.0 Å². The number of hydrogen-bond donors (Lipinski definition) is 1. The van der Waals surface area contributed by atoms with Crippen molar-refractivity contribution in [3.8, 4) is 0 Å². The van der Waals surface area contributed by atoms with E-state index in [1.54, 1.807) is 19.2 Å². The molecule has 1 aromatic carbocycles. The van der Waals surface area contributed by atoms with Crippen LogP contribution < -0.4 is 5.32 Å². The second-order valence-corrected chi connectivity index (χ2v) is 6.64. The first-order chi connectivity index (χ1) is 12.3. The Labute approximate surface area is 157 Å². The summed E-state index contributed by atoms with van der Waals surface area (Å²) in [7, 11) is 1.60. The van der Waals surface area contributed by atoms with Gasteiger partial charge in [-0.3, -0.25) is 0 Å². The van der Waals surface area contributed by atoms with Crippen LogP contribution in [0.3, 0.4) is 0 Å². The number of carbonyl (C=O) groups is 1. The Bertz CT molecular complexity index is 755. The highest BCUT2D eigenvalue weighted by Gasteiger charge is 2.29. The van der Waals surface area contributed by atoms with Crippen molar-refractivity contribution >= 4 is 40.5 Å². The third-order valence-electron chi connectivity index (χ3n) is 3.16. The van der Waals surface area contributed by atoms with Crippen LogP contribution in [0.1, 0.15) is 0 Å². The fourth-order valence-corrected chi connectivity index (χ4v) is 3.14. The van der Waals surface area contributed by atoms with Crippen LogP contribution in [0, 0.1) is 0 Å². The fourth-order valence-electron chi connectivity index (χ4n) is 2.08. The number of nitrogens with zero attached hydrogens (tertiary/aromatic N) is 2. The SMILES string of the molecule is COCCn1c(SCCNC(=O)OCC(F)(F)F)nc2cc(Cl)ccc21. The zero-order chi connectivity index (χ0) is 19.2. The number of carbonyl (C=O) groups excluding carboxylic acids is 1. The molecule has 0 radical (unpaired) electrons. The van der Waals surface area contributed by atoms with Gasteiger partial charge in [-0.25, -0.2) is 9.78 Å². The summed E-state index contributed by atoms with van der Waals surface area (Å²) in [6.07, 6.45) is -5.65. The molecule has 0 saturated carbocycles. The number of aromatic nitrogens is 2. The van der Waals surface area contributed by atoms with Gasteiger partial charge in [-0.15, -0.1) is 0 Å². The van der Waals surface area contributed by atoms with Gasteiger partial charge in [-0.1, -0.05) is 23.4 Å². The lowest BCUT2D eigenvalue weighted by molar-refractivity contribution is -0.160. The molecule has 26 heavy (non-hydrogen) atoms. The summed E-state index contributed by atoms with van der Waals surface area (Å²) in [6.45, 7) is -0.406. The number of methoxy groups -OCH3 is 1. The maximum atomic E-state index is 12.0. The number of alkyl carbamates (subject to hydrolysis) is 1. The van der Waals surface area contributed by atoms with E-state index in [1.807, 2.05) is 10.6 Å². The minimum absolute atomic E-state index is 0.135. The van der Waals surface area contributed by atoms with Gasteiger partial charge in [0.1, 0.15) is 0 Å². The Kier molecular flexibility index (Phi) is 7.42. The molecule has 2 rings (SSSR count). The molecule has 0 bridgehead atoms. The number of halogens is 4. The molecule has 0 aliphatic rings. The third-order valence-corrected chi connectivity index (χ3v) is 4.38. The minimum atomic E-state index is -4.54. The van der Waals surface area contributed by atoms with E-state index in [1.165, 1.54) is 11.8 Å². The number of benzene rings is 1. The van der Waals surface area contributed by atoms with E-state index in [0.717, 1.165) is 11.0 Å².